The standard InChI is InChI=1S/C18H28N2/c1-14(19)18(13-15-7-5-8-15)20-12-6-10-16-9-3-2-4-11-17(16)20/h2-4,11,14-15,18H,5-10,12-13,19H2,1H3. The molecule has 2 unspecified atom stereocenters. The average molecular weight is 272 g/mol. The summed E-state index contributed by atoms with van der Waals surface area (Å²) in [7, 11) is 0. The second-order valence-corrected chi connectivity index (χ2v) is 6.74. The summed E-state index contributed by atoms with van der Waals surface area (Å²) in [4.78, 5) is 2.63. The minimum Gasteiger partial charge on any atom is -0.367 e. The van der Waals surface area contributed by atoms with Crippen LogP contribution in [0.2, 0.25) is 0 Å². The predicted molar refractivity (Wildman–Crippen MR) is 85.3 cm³/mol. The van der Waals surface area contributed by atoms with E-state index in [2.05, 4.69) is 36.1 Å². The van der Waals surface area contributed by atoms with Gasteiger partial charge >= 0.3 is 0 Å². The Balaban J connectivity index is 1.81. The molecule has 2 N–H and O–H groups in total. The molecule has 2 heteroatoms. The Morgan fingerprint density at radius 2 is 2.15 bits per heavy atom. The lowest BCUT2D eigenvalue weighted by molar-refractivity contribution is 0.154. The molecule has 0 bridgehead atoms. The van der Waals surface area contributed by atoms with E-state index in [-0.39, 0.29) is 6.04 Å². The topological polar surface area (TPSA) is 29.3 Å². The quantitative estimate of drug-likeness (QED) is 0.844. The second kappa shape index (κ2) is 6.17. The monoisotopic (exact) mass is 272 g/mol. The predicted octanol–water partition coefficient (Wildman–Crippen LogP) is 3.76. The fourth-order valence-electron chi connectivity index (χ4n) is 3.81. The first-order valence-electron chi connectivity index (χ1n) is 8.33. The normalized spacial score (nSPS) is 26.0. The van der Waals surface area contributed by atoms with Crippen LogP contribution >= 0.6 is 0 Å². The molecule has 3 aliphatic rings. The first-order chi connectivity index (χ1) is 9.75. The molecular formula is C18H28N2. The lowest BCUT2D eigenvalue weighted by Crippen LogP contribution is -2.48. The highest BCUT2D eigenvalue weighted by Gasteiger charge is 2.31. The van der Waals surface area contributed by atoms with Crippen molar-refractivity contribution in [2.75, 3.05) is 6.54 Å². The van der Waals surface area contributed by atoms with Crippen LogP contribution in [0.1, 0.15) is 51.9 Å². The van der Waals surface area contributed by atoms with Gasteiger partial charge in [0.25, 0.3) is 0 Å². The molecule has 0 amide bonds. The number of nitrogens with zero attached hydrogens (tertiary/aromatic N) is 1. The molecule has 0 spiro atoms. The lowest BCUT2D eigenvalue weighted by Gasteiger charge is -2.43. The first kappa shape index (κ1) is 13.9. The highest BCUT2D eigenvalue weighted by molar-refractivity contribution is 5.34. The largest absolute Gasteiger partial charge is 0.367 e. The molecule has 0 aromatic heterocycles. The summed E-state index contributed by atoms with van der Waals surface area (Å²) >= 11 is 0. The van der Waals surface area contributed by atoms with Gasteiger partial charge in [0, 0.05) is 24.3 Å². The van der Waals surface area contributed by atoms with E-state index in [0.717, 1.165) is 12.3 Å². The van der Waals surface area contributed by atoms with Crippen LogP contribution in [0.25, 0.3) is 0 Å². The third-order valence-corrected chi connectivity index (χ3v) is 5.22. The maximum Gasteiger partial charge on any atom is 0.0440 e. The van der Waals surface area contributed by atoms with Crippen molar-refractivity contribution in [2.45, 2.75) is 64.0 Å². The summed E-state index contributed by atoms with van der Waals surface area (Å²) in [6, 6.07) is 0.778. The van der Waals surface area contributed by atoms with E-state index in [1.165, 1.54) is 50.8 Å². The molecule has 1 aliphatic heterocycles. The van der Waals surface area contributed by atoms with Crippen LogP contribution in [0, 0.1) is 5.92 Å². The van der Waals surface area contributed by atoms with Crippen LogP contribution in [0.15, 0.2) is 35.6 Å². The van der Waals surface area contributed by atoms with Gasteiger partial charge in [0.05, 0.1) is 0 Å². The van der Waals surface area contributed by atoms with Crippen molar-refractivity contribution < 1.29 is 0 Å². The Morgan fingerprint density at radius 3 is 2.85 bits per heavy atom. The number of allylic oxidation sites excluding steroid dienone is 5. The molecule has 1 heterocycles. The summed E-state index contributed by atoms with van der Waals surface area (Å²) in [5.41, 5.74) is 9.44. The van der Waals surface area contributed by atoms with E-state index >= 15 is 0 Å². The third-order valence-electron chi connectivity index (χ3n) is 5.22. The Bertz CT molecular complexity index is 427. The van der Waals surface area contributed by atoms with Gasteiger partial charge in [-0.25, -0.2) is 0 Å². The molecule has 0 radical (unpaired) electrons. The Kier molecular flexibility index (Phi) is 4.30. The van der Waals surface area contributed by atoms with E-state index in [0.29, 0.717) is 6.04 Å². The number of hydrogen-bond donors (Lipinski definition) is 1. The maximum atomic E-state index is 6.35. The number of hydrogen-bond acceptors (Lipinski definition) is 2. The Labute approximate surface area is 123 Å². The van der Waals surface area contributed by atoms with Gasteiger partial charge in [-0.2, -0.15) is 0 Å². The minimum absolute atomic E-state index is 0.257. The van der Waals surface area contributed by atoms with Crippen molar-refractivity contribution >= 4 is 0 Å². The molecule has 2 nitrogen and oxygen atoms in total. The maximum absolute atomic E-state index is 6.35. The van der Waals surface area contributed by atoms with E-state index in [9.17, 15) is 0 Å². The van der Waals surface area contributed by atoms with Crippen LogP contribution in [0.5, 0.6) is 0 Å². The molecule has 3 rings (SSSR count). The number of nitrogens with two attached hydrogens (primary N) is 1. The van der Waals surface area contributed by atoms with Crippen LogP contribution < -0.4 is 5.73 Å². The van der Waals surface area contributed by atoms with E-state index < -0.39 is 0 Å². The SMILES string of the molecule is CC(N)C(CC1CCC1)N1CCCC2=C1C=CC=CC2. The van der Waals surface area contributed by atoms with Crippen LogP contribution in [0.3, 0.4) is 0 Å². The van der Waals surface area contributed by atoms with Crippen LogP contribution in [0.4, 0.5) is 0 Å². The van der Waals surface area contributed by atoms with Crippen molar-refractivity contribution in [1.29, 1.82) is 0 Å². The molecule has 1 fully saturated rings. The van der Waals surface area contributed by atoms with Gasteiger partial charge in [-0.3, -0.25) is 0 Å². The van der Waals surface area contributed by atoms with Gasteiger partial charge in [0.15, 0.2) is 0 Å². The molecule has 0 aromatic rings. The van der Waals surface area contributed by atoms with Crippen molar-refractivity contribution in [2.24, 2.45) is 11.7 Å². The summed E-state index contributed by atoms with van der Waals surface area (Å²) in [5.74, 6) is 0.921. The van der Waals surface area contributed by atoms with Gasteiger partial charge in [-0.05, 0) is 50.2 Å². The molecule has 20 heavy (non-hydrogen) atoms. The molecule has 2 aliphatic carbocycles. The number of rotatable bonds is 4. The molecule has 110 valence electrons. The molecule has 1 saturated carbocycles. The lowest BCUT2D eigenvalue weighted by atomic mass is 9.79. The fraction of sp³-hybridized carbons (Fsp3) is 0.667. The zero-order valence-electron chi connectivity index (χ0n) is 12.7. The van der Waals surface area contributed by atoms with Gasteiger partial charge in [0.2, 0.25) is 0 Å². The zero-order chi connectivity index (χ0) is 13.9. The van der Waals surface area contributed by atoms with Gasteiger partial charge in [-0.15, -0.1) is 0 Å². The summed E-state index contributed by atoms with van der Waals surface area (Å²) in [5, 5.41) is 0. The van der Waals surface area contributed by atoms with Crippen molar-refractivity contribution in [3.05, 3.63) is 35.6 Å². The summed E-state index contributed by atoms with van der Waals surface area (Å²) in [6.45, 7) is 3.37. The third kappa shape index (κ3) is 2.85. The van der Waals surface area contributed by atoms with Crippen LogP contribution in [-0.2, 0) is 0 Å². The van der Waals surface area contributed by atoms with Crippen molar-refractivity contribution in [3.8, 4) is 0 Å². The van der Waals surface area contributed by atoms with Gasteiger partial charge in [-0.1, -0.05) is 37.5 Å². The smallest absolute Gasteiger partial charge is 0.0440 e. The van der Waals surface area contributed by atoms with E-state index in [1.54, 1.807) is 5.57 Å². The highest BCUT2D eigenvalue weighted by atomic mass is 15.2. The van der Waals surface area contributed by atoms with Crippen molar-refractivity contribution in [3.63, 3.8) is 0 Å². The Hall–Kier alpha value is -1.02. The average Bonchev–Trinajstić information content (AvgIpc) is 2.62. The van der Waals surface area contributed by atoms with E-state index in [4.69, 9.17) is 5.73 Å². The molecule has 2 atom stereocenters. The van der Waals surface area contributed by atoms with Gasteiger partial charge < -0.3 is 10.6 Å². The Morgan fingerprint density at radius 1 is 1.30 bits per heavy atom. The molecule has 0 saturated heterocycles. The summed E-state index contributed by atoms with van der Waals surface area (Å²) < 4.78 is 0. The van der Waals surface area contributed by atoms with Gasteiger partial charge in [0.1, 0.15) is 0 Å². The zero-order valence-corrected chi connectivity index (χ0v) is 12.7. The first-order valence-corrected chi connectivity index (χ1v) is 8.33. The minimum atomic E-state index is 0.257. The fourth-order valence-corrected chi connectivity index (χ4v) is 3.81. The summed E-state index contributed by atoms with van der Waals surface area (Å²) in [6.07, 6.45) is 18.2. The molecule has 0 aromatic carbocycles. The van der Waals surface area contributed by atoms with Crippen molar-refractivity contribution in [1.82, 2.24) is 4.90 Å². The van der Waals surface area contributed by atoms with E-state index in [1.807, 2.05) is 0 Å². The molecular weight excluding hydrogens is 244 g/mol. The highest BCUT2D eigenvalue weighted by Crippen LogP contribution is 2.36. The second-order valence-electron chi connectivity index (χ2n) is 6.74. The van der Waals surface area contributed by atoms with Crippen LogP contribution in [-0.4, -0.2) is 23.5 Å².